The number of carbonyl (C=O) groups excluding carboxylic acids is 2. The van der Waals surface area contributed by atoms with Crippen molar-refractivity contribution in [2.45, 2.75) is 32.7 Å². The number of anilines is 1. The first kappa shape index (κ1) is 22.0. The van der Waals surface area contributed by atoms with Gasteiger partial charge in [0.1, 0.15) is 25.8 Å². The monoisotopic (exact) mass is 385 g/mol. The summed E-state index contributed by atoms with van der Waals surface area (Å²) >= 11 is 0. The Balaban J connectivity index is 2.93. The zero-order valence-corrected chi connectivity index (χ0v) is 16.4. The molecule has 0 unspecified atom stereocenters. The van der Waals surface area contributed by atoms with Crippen LogP contribution in [0.1, 0.15) is 36.7 Å². The maximum absolute atomic E-state index is 12.2. The van der Waals surface area contributed by atoms with Crippen LogP contribution in [0.3, 0.4) is 0 Å². The standard InChI is InChI=1S/C16H24BNO7S/c1-16(2,3)25-15(20)18(4)13-6-5-11(9-12(13)10-17)14(19)24-7-8-26(21,22)23/h5-6,9H,7-8,10,17H2,1-4H3,(H,21,22,23). The predicted octanol–water partition coefficient (Wildman–Crippen LogP) is 1.24. The van der Waals surface area contributed by atoms with Crippen molar-refractivity contribution >= 4 is 35.7 Å². The summed E-state index contributed by atoms with van der Waals surface area (Å²) < 4.78 is 40.1. The molecule has 10 heteroatoms. The van der Waals surface area contributed by atoms with Crippen molar-refractivity contribution in [3.05, 3.63) is 29.3 Å². The van der Waals surface area contributed by atoms with Crippen LogP contribution in [0.5, 0.6) is 0 Å². The van der Waals surface area contributed by atoms with Crippen LogP contribution >= 0.6 is 0 Å². The third-order valence-corrected chi connectivity index (χ3v) is 3.98. The molecule has 0 atom stereocenters. The molecule has 0 fully saturated rings. The van der Waals surface area contributed by atoms with E-state index in [4.69, 9.17) is 14.0 Å². The number of ether oxygens (including phenoxy) is 2. The van der Waals surface area contributed by atoms with Gasteiger partial charge in [0, 0.05) is 12.7 Å². The van der Waals surface area contributed by atoms with Crippen LogP contribution in [-0.4, -0.2) is 57.9 Å². The maximum Gasteiger partial charge on any atom is 0.414 e. The van der Waals surface area contributed by atoms with E-state index >= 15 is 0 Å². The molecule has 26 heavy (non-hydrogen) atoms. The minimum absolute atomic E-state index is 0.221. The number of carbonyl (C=O) groups is 2. The highest BCUT2D eigenvalue weighted by Gasteiger charge is 2.22. The SMILES string of the molecule is BCc1cc(C(=O)OCCS(=O)(=O)O)ccc1N(C)C(=O)OC(C)(C)C. The second-order valence-corrected chi connectivity index (χ2v) is 8.23. The predicted molar refractivity (Wildman–Crippen MR) is 100 cm³/mol. The molecule has 1 aromatic carbocycles. The fraction of sp³-hybridized carbons (Fsp3) is 0.500. The molecule has 0 radical (unpaired) electrons. The molecule has 8 nitrogen and oxygen atoms in total. The molecule has 0 bridgehead atoms. The summed E-state index contributed by atoms with van der Waals surface area (Å²) in [5.74, 6) is -1.38. The highest BCUT2D eigenvalue weighted by Crippen LogP contribution is 2.23. The van der Waals surface area contributed by atoms with Crippen molar-refractivity contribution in [3.8, 4) is 0 Å². The number of hydrogen-bond donors (Lipinski definition) is 1. The fourth-order valence-electron chi connectivity index (χ4n) is 2.07. The van der Waals surface area contributed by atoms with E-state index in [0.717, 1.165) is 5.56 Å². The molecule has 1 N–H and O–H groups in total. The third-order valence-electron chi connectivity index (χ3n) is 3.30. The van der Waals surface area contributed by atoms with Crippen molar-refractivity contribution < 1.29 is 32.0 Å². The van der Waals surface area contributed by atoms with Crippen LogP contribution in [-0.2, 0) is 25.9 Å². The third kappa shape index (κ3) is 7.05. The number of nitrogens with zero attached hydrogens (tertiary/aromatic N) is 1. The van der Waals surface area contributed by atoms with Crippen molar-refractivity contribution in [3.63, 3.8) is 0 Å². The van der Waals surface area contributed by atoms with Crippen molar-refractivity contribution in [1.82, 2.24) is 0 Å². The normalized spacial score (nSPS) is 11.7. The molecular formula is C16H24BNO7S. The molecular weight excluding hydrogens is 361 g/mol. The molecule has 1 rings (SSSR count). The Morgan fingerprint density at radius 3 is 2.38 bits per heavy atom. The van der Waals surface area contributed by atoms with Gasteiger partial charge < -0.3 is 9.47 Å². The second-order valence-electron chi connectivity index (χ2n) is 6.66. The zero-order valence-electron chi connectivity index (χ0n) is 15.6. The van der Waals surface area contributed by atoms with Gasteiger partial charge in [0.05, 0.1) is 5.56 Å². The van der Waals surface area contributed by atoms with Gasteiger partial charge in [-0.3, -0.25) is 9.45 Å². The van der Waals surface area contributed by atoms with Crippen LogP contribution in [0.2, 0.25) is 0 Å². The molecule has 1 aromatic rings. The molecule has 0 aliphatic heterocycles. The van der Waals surface area contributed by atoms with Crippen molar-refractivity contribution in [1.29, 1.82) is 0 Å². The molecule has 0 aliphatic carbocycles. The van der Waals surface area contributed by atoms with Crippen LogP contribution in [0.4, 0.5) is 10.5 Å². The van der Waals surface area contributed by atoms with Gasteiger partial charge in [-0.2, -0.15) is 8.42 Å². The van der Waals surface area contributed by atoms with E-state index in [2.05, 4.69) is 0 Å². The van der Waals surface area contributed by atoms with E-state index in [1.165, 1.54) is 11.0 Å². The quantitative estimate of drug-likeness (QED) is 0.446. The van der Waals surface area contributed by atoms with Crippen LogP contribution in [0.25, 0.3) is 0 Å². The molecule has 0 aliphatic rings. The highest BCUT2D eigenvalue weighted by molar-refractivity contribution is 7.85. The Labute approximate surface area is 154 Å². The lowest BCUT2D eigenvalue weighted by molar-refractivity contribution is 0.0527. The molecule has 1 amide bonds. The summed E-state index contributed by atoms with van der Waals surface area (Å²) in [6, 6.07) is 4.65. The second kappa shape index (κ2) is 8.55. The molecule has 144 valence electrons. The summed E-state index contributed by atoms with van der Waals surface area (Å²) in [6.45, 7) is 4.86. The summed E-state index contributed by atoms with van der Waals surface area (Å²) in [6.07, 6.45) is 0.0323. The lowest BCUT2D eigenvalue weighted by Crippen LogP contribution is -2.34. The molecule has 0 spiro atoms. The van der Waals surface area contributed by atoms with E-state index in [0.29, 0.717) is 12.0 Å². The molecule has 0 saturated carbocycles. The van der Waals surface area contributed by atoms with Gasteiger partial charge in [0.25, 0.3) is 10.1 Å². The Morgan fingerprint density at radius 2 is 1.88 bits per heavy atom. The van der Waals surface area contributed by atoms with Gasteiger partial charge in [-0.1, -0.05) is 6.32 Å². The Hall–Kier alpha value is -2.07. The summed E-state index contributed by atoms with van der Waals surface area (Å²) in [7, 11) is -0.746. The molecule has 0 aromatic heterocycles. The van der Waals surface area contributed by atoms with Gasteiger partial charge in [0.15, 0.2) is 0 Å². The topological polar surface area (TPSA) is 110 Å². The van der Waals surface area contributed by atoms with E-state index < -0.39 is 40.1 Å². The average Bonchev–Trinajstić information content (AvgIpc) is 2.50. The van der Waals surface area contributed by atoms with E-state index in [9.17, 15) is 18.0 Å². The first-order valence-corrected chi connectivity index (χ1v) is 9.67. The van der Waals surface area contributed by atoms with Gasteiger partial charge in [-0.25, -0.2) is 9.59 Å². The lowest BCUT2D eigenvalue weighted by Gasteiger charge is -2.26. The summed E-state index contributed by atoms with van der Waals surface area (Å²) in [5.41, 5.74) is 0.909. The molecule has 0 heterocycles. The minimum Gasteiger partial charge on any atom is -0.461 e. The van der Waals surface area contributed by atoms with Gasteiger partial charge >= 0.3 is 12.1 Å². The van der Waals surface area contributed by atoms with E-state index in [-0.39, 0.29) is 5.56 Å². The van der Waals surface area contributed by atoms with E-state index in [1.54, 1.807) is 40.0 Å². The van der Waals surface area contributed by atoms with Gasteiger partial charge in [0.2, 0.25) is 0 Å². The van der Waals surface area contributed by atoms with Gasteiger partial charge in [-0.05, 0) is 44.5 Å². The molecule has 0 saturated heterocycles. The van der Waals surface area contributed by atoms with Gasteiger partial charge in [-0.15, -0.1) is 0 Å². The smallest absolute Gasteiger partial charge is 0.414 e. The van der Waals surface area contributed by atoms with Crippen molar-refractivity contribution in [2.75, 3.05) is 24.3 Å². The first-order valence-electron chi connectivity index (χ1n) is 8.06. The fourth-order valence-corrected chi connectivity index (χ4v) is 2.37. The van der Waals surface area contributed by atoms with E-state index in [1.807, 2.05) is 7.85 Å². The number of rotatable bonds is 6. The number of esters is 1. The largest absolute Gasteiger partial charge is 0.461 e. The van der Waals surface area contributed by atoms with Crippen LogP contribution in [0, 0.1) is 0 Å². The Morgan fingerprint density at radius 1 is 1.27 bits per heavy atom. The van der Waals surface area contributed by atoms with Crippen molar-refractivity contribution in [2.24, 2.45) is 0 Å². The summed E-state index contributed by atoms with van der Waals surface area (Å²) in [4.78, 5) is 25.6. The number of hydrogen-bond acceptors (Lipinski definition) is 6. The lowest BCUT2D eigenvalue weighted by atomic mass is 9.93. The minimum atomic E-state index is -4.19. The Kier molecular flexibility index (Phi) is 7.22. The number of amides is 1. The highest BCUT2D eigenvalue weighted by atomic mass is 32.2. The Bertz CT molecular complexity index is 771. The zero-order chi connectivity index (χ0) is 20.1. The summed E-state index contributed by atoms with van der Waals surface area (Å²) in [5, 5.41) is 0. The average molecular weight is 385 g/mol. The number of benzene rings is 1. The van der Waals surface area contributed by atoms with Crippen LogP contribution in [0.15, 0.2) is 18.2 Å². The van der Waals surface area contributed by atoms with Crippen LogP contribution < -0.4 is 4.90 Å². The first-order chi connectivity index (χ1) is 11.8. The maximum atomic E-state index is 12.2.